The van der Waals surface area contributed by atoms with Crippen molar-refractivity contribution < 1.29 is 14.3 Å². The van der Waals surface area contributed by atoms with Gasteiger partial charge in [-0.25, -0.2) is 0 Å². The molecule has 2 unspecified atom stereocenters. The molecule has 3 N–H and O–H groups in total. The quantitative estimate of drug-likeness (QED) is 0.771. The Bertz CT molecular complexity index is 635. The second-order valence-electron chi connectivity index (χ2n) is 7.59. The van der Waals surface area contributed by atoms with Crippen molar-refractivity contribution in [2.45, 2.75) is 50.6 Å². The SMILES string of the molecule is COC(=O)C[C@H](NC(=O)C1CC2CCCC(C1)C2N)c1ccc(Cl)cc1. The number of carbonyl (C=O) groups excluding carboxylic acids is 2. The summed E-state index contributed by atoms with van der Waals surface area (Å²) < 4.78 is 4.79. The molecule has 6 heteroatoms. The van der Waals surface area contributed by atoms with Crippen LogP contribution in [0.5, 0.6) is 0 Å². The highest BCUT2D eigenvalue weighted by Crippen LogP contribution is 2.42. The second-order valence-corrected chi connectivity index (χ2v) is 8.03. The molecule has 26 heavy (non-hydrogen) atoms. The number of fused-ring (bicyclic) bond motifs is 2. The number of ether oxygens (including phenoxy) is 1. The molecule has 0 radical (unpaired) electrons. The molecule has 0 heterocycles. The highest BCUT2D eigenvalue weighted by atomic mass is 35.5. The first-order valence-corrected chi connectivity index (χ1v) is 9.74. The van der Waals surface area contributed by atoms with E-state index >= 15 is 0 Å². The maximum Gasteiger partial charge on any atom is 0.307 e. The van der Waals surface area contributed by atoms with E-state index in [1.807, 2.05) is 12.1 Å². The molecule has 1 aromatic carbocycles. The maximum atomic E-state index is 12.9. The van der Waals surface area contributed by atoms with Gasteiger partial charge in [0.25, 0.3) is 0 Å². The van der Waals surface area contributed by atoms with Crippen LogP contribution >= 0.6 is 11.6 Å². The summed E-state index contributed by atoms with van der Waals surface area (Å²) in [4.78, 5) is 24.7. The van der Waals surface area contributed by atoms with Gasteiger partial charge in [-0.05, 0) is 55.2 Å². The van der Waals surface area contributed by atoms with Gasteiger partial charge in [0.1, 0.15) is 0 Å². The second kappa shape index (κ2) is 8.40. The molecular formula is C20H27ClN2O3. The number of methoxy groups -OCH3 is 1. The average molecular weight is 379 g/mol. The number of nitrogens with one attached hydrogen (secondary N) is 1. The zero-order chi connectivity index (χ0) is 18.7. The summed E-state index contributed by atoms with van der Waals surface area (Å²) in [5, 5.41) is 3.68. The lowest BCUT2D eigenvalue weighted by molar-refractivity contribution is -0.141. The Morgan fingerprint density at radius 1 is 1.23 bits per heavy atom. The van der Waals surface area contributed by atoms with Gasteiger partial charge in [0.15, 0.2) is 0 Å². The van der Waals surface area contributed by atoms with Crippen molar-refractivity contribution in [2.24, 2.45) is 23.5 Å². The molecule has 5 nitrogen and oxygen atoms in total. The van der Waals surface area contributed by atoms with Gasteiger partial charge in [0.2, 0.25) is 5.91 Å². The molecule has 2 saturated carbocycles. The minimum absolute atomic E-state index is 0.0117. The Kier molecular flexibility index (Phi) is 6.20. The highest BCUT2D eigenvalue weighted by molar-refractivity contribution is 6.30. The third-order valence-corrected chi connectivity index (χ3v) is 6.22. The summed E-state index contributed by atoms with van der Waals surface area (Å²) in [7, 11) is 1.35. The van der Waals surface area contributed by atoms with Gasteiger partial charge in [0, 0.05) is 17.0 Å². The van der Waals surface area contributed by atoms with Crippen LogP contribution in [-0.2, 0) is 14.3 Å². The van der Waals surface area contributed by atoms with Crippen molar-refractivity contribution in [2.75, 3.05) is 7.11 Å². The number of nitrogens with two attached hydrogens (primary N) is 1. The van der Waals surface area contributed by atoms with E-state index in [-0.39, 0.29) is 30.3 Å². The number of hydrogen-bond donors (Lipinski definition) is 2. The number of carbonyl (C=O) groups is 2. The fraction of sp³-hybridized carbons (Fsp3) is 0.600. The third-order valence-electron chi connectivity index (χ3n) is 5.97. The zero-order valence-electron chi connectivity index (χ0n) is 15.1. The molecule has 2 aliphatic rings. The van der Waals surface area contributed by atoms with Crippen molar-refractivity contribution in [1.82, 2.24) is 5.32 Å². The first kappa shape index (κ1) is 19.2. The van der Waals surface area contributed by atoms with Crippen molar-refractivity contribution in [3.63, 3.8) is 0 Å². The molecule has 0 saturated heterocycles. The Balaban J connectivity index is 1.70. The molecule has 3 rings (SSSR count). The first-order valence-electron chi connectivity index (χ1n) is 9.36. The lowest BCUT2D eigenvalue weighted by Crippen LogP contribution is -2.49. The van der Waals surface area contributed by atoms with Crippen molar-refractivity contribution >= 4 is 23.5 Å². The van der Waals surface area contributed by atoms with Gasteiger partial charge >= 0.3 is 5.97 Å². The Hall–Kier alpha value is -1.59. The molecule has 2 aliphatic carbocycles. The molecule has 2 bridgehead atoms. The van der Waals surface area contributed by atoms with E-state index < -0.39 is 6.04 Å². The van der Waals surface area contributed by atoms with E-state index in [1.54, 1.807) is 12.1 Å². The van der Waals surface area contributed by atoms with Crippen LogP contribution in [0.1, 0.15) is 50.1 Å². The average Bonchev–Trinajstić information content (AvgIpc) is 2.61. The van der Waals surface area contributed by atoms with E-state index in [0.717, 1.165) is 31.2 Å². The van der Waals surface area contributed by atoms with Crippen LogP contribution < -0.4 is 11.1 Å². The number of rotatable bonds is 5. The first-order chi connectivity index (χ1) is 12.5. The lowest BCUT2D eigenvalue weighted by Gasteiger charge is -2.43. The molecule has 0 spiro atoms. The van der Waals surface area contributed by atoms with Crippen LogP contribution in [0.4, 0.5) is 0 Å². The smallest absolute Gasteiger partial charge is 0.307 e. The van der Waals surface area contributed by atoms with Crippen LogP contribution in [0, 0.1) is 17.8 Å². The molecule has 1 aromatic rings. The summed E-state index contributed by atoms with van der Waals surface area (Å²) in [5.41, 5.74) is 7.18. The van der Waals surface area contributed by atoms with Crippen LogP contribution in [-0.4, -0.2) is 25.0 Å². The summed E-state index contributed by atoms with van der Waals surface area (Å²) in [6, 6.07) is 7.01. The molecule has 1 amide bonds. The number of halogens is 1. The van der Waals surface area contributed by atoms with Gasteiger partial charge in [-0.15, -0.1) is 0 Å². The van der Waals surface area contributed by atoms with Crippen LogP contribution in [0.25, 0.3) is 0 Å². The molecular weight excluding hydrogens is 352 g/mol. The Labute approximate surface area is 159 Å². The summed E-state index contributed by atoms with van der Waals surface area (Å²) in [5.74, 6) is 0.503. The van der Waals surface area contributed by atoms with E-state index in [9.17, 15) is 9.59 Å². The Morgan fingerprint density at radius 3 is 2.42 bits per heavy atom. The van der Waals surface area contributed by atoms with E-state index in [1.165, 1.54) is 13.5 Å². The predicted molar refractivity (Wildman–Crippen MR) is 100 cm³/mol. The monoisotopic (exact) mass is 378 g/mol. The topological polar surface area (TPSA) is 81.4 Å². The lowest BCUT2D eigenvalue weighted by atomic mass is 9.65. The summed E-state index contributed by atoms with van der Waals surface area (Å²) >= 11 is 5.95. The van der Waals surface area contributed by atoms with Crippen LogP contribution in [0.2, 0.25) is 5.02 Å². The normalized spacial score (nSPS) is 28.9. The molecule has 0 aliphatic heterocycles. The summed E-state index contributed by atoms with van der Waals surface area (Å²) in [6.45, 7) is 0. The van der Waals surface area contributed by atoms with E-state index in [4.69, 9.17) is 22.1 Å². The highest BCUT2D eigenvalue weighted by Gasteiger charge is 2.40. The van der Waals surface area contributed by atoms with Crippen molar-refractivity contribution in [1.29, 1.82) is 0 Å². The standard InChI is InChI=1S/C20H27ClN2O3/c1-26-18(24)11-17(12-5-7-16(21)8-6-12)23-20(25)15-9-13-3-2-4-14(10-15)19(13)22/h5-8,13-15,17,19H,2-4,9-11,22H2,1H3,(H,23,25)/t13?,14?,15?,17-,19?/m0/s1. The Morgan fingerprint density at radius 2 is 1.85 bits per heavy atom. The number of benzene rings is 1. The molecule has 2 fully saturated rings. The maximum absolute atomic E-state index is 12.9. The van der Waals surface area contributed by atoms with Crippen molar-refractivity contribution in [3.8, 4) is 0 Å². The predicted octanol–water partition coefficient (Wildman–Crippen LogP) is 3.21. The van der Waals surface area contributed by atoms with Gasteiger partial charge in [0.05, 0.1) is 19.6 Å². The molecule has 142 valence electrons. The fourth-order valence-corrected chi connectivity index (χ4v) is 4.62. The number of esters is 1. The minimum Gasteiger partial charge on any atom is -0.469 e. The minimum atomic E-state index is -0.414. The van der Waals surface area contributed by atoms with Gasteiger partial charge in [-0.1, -0.05) is 30.2 Å². The van der Waals surface area contributed by atoms with Crippen molar-refractivity contribution in [3.05, 3.63) is 34.9 Å². The zero-order valence-corrected chi connectivity index (χ0v) is 15.9. The van der Waals surface area contributed by atoms with Gasteiger partial charge in [-0.3, -0.25) is 9.59 Å². The number of amides is 1. The summed E-state index contributed by atoms with van der Waals surface area (Å²) in [6.07, 6.45) is 5.23. The van der Waals surface area contributed by atoms with Crippen LogP contribution in [0.15, 0.2) is 24.3 Å². The fourth-order valence-electron chi connectivity index (χ4n) is 4.49. The van der Waals surface area contributed by atoms with Gasteiger partial charge < -0.3 is 15.8 Å². The van der Waals surface area contributed by atoms with E-state index in [2.05, 4.69) is 5.32 Å². The molecule has 0 aromatic heterocycles. The largest absolute Gasteiger partial charge is 0.469 e. The number of hydrogen-bond acceptors (Lipinski definition) is 4. The molecule has 3 atom stereocenters. The van der Waals surface area contributed by atoms with E-state index in [0.29, 0.717) is 16.9 Å². The van der Waals surface area contributed by atoms with Crippen LogP contribution in [0.3, 0.4) is 0 Å². The van der Waals surface area contributed by atoms with Gasteiger partial charge in [-0.2, -0.15) is 0 Å². The third kappa shape index (κ3) is 4.38.